The Morgan fingerprint density at radius 3 is 2.50 bits per heavy atom. The van der Waals surface area contributed by atoms with E-state index >= 15 is 0 Å². The molecule has 0 amide bonds. The quantitative estimate of drug-likeness (QED) is 0.392. The fourth-order valence-corrected chi connectivity index (χ4v) is 0.846. The Morgan fingerprint density at radius 1 is 1.36 bits per heavy atom. The van der Waals surface area contributed by atoms with Gasteiger partial charge < -0.3 is 15.3 Å². The number of hydrogen-bond acceptors (Lipinski definition) is 4. The molecule has 0 radical (unpaired) electrons. The minimum absolute atomic E-state index is 0.0493. The van der Waals surface area contributed by atoms with Gasteiger partial charge in [-0.1, -0.05) is 6.07 Å². The number of benzene rings is 1. The number of nitrogens with one attached hydrogen (secondary N) is 1. The van der Waals surface area contributed by atoms with E-state index < -0.39 is 17.9 Å². The topological polar surface area (TPSA) is 67.5 Å². The van der Waals surface area contributed by atoms with Crippen molar-refractivity contribution in [1.82, 2.24) is 0 Å². The van der Waals surface area contributed by atoms with Crippen molar-refractivity contribution in [1.29, 1.82) is 0 Å². The number of anilines is 1. The van der Waals surface area contributed by atoms with Gasteiger partial charge >= 0.3 is 6.36 Å². The predicted octanol–water partition coefficient (Wildman–Crippen LogP) is 1.58. The minimum atomic E-state index is -4.84. The van der Waals surface area contributed by atoms with Gasteiger partial charge in [-0.25, -0.2) is 0 Å². The molecule has 0 unspecified atom stereocenters. The van der Waals surface area contributed by atoms with Crippen LogP contribution in [0.1, 0.15) is 0 Å². The number of phenols is 1. The number of para-hydroxylation sites is 1. The maximum Gasteiger partial charge on any atom is 0.573 e. The van der Waals surface area contributed by atoms with Gasteiger partial charge in [-0.3, -0.25) is 5.84 Å². The summed E-state index contributed by atoms with van der Waals surface area (Å²) in [5, 5.41) is 9.18. The first-order chi connectivity index (χ1) is 6.44. The average molecular weight is 208 g/mol. The molecule has 1 aromatic carbocycles. The minimum Gasteiger partial charge on any atom is -0.503 e. The number of alkyl halides is 3. The van der Waals surface area contributed by atoms with E-state index in [9.17, 15) is 18.3 Å². The van der Waals surface area contributed by atoms with Crippen molar-refractivity contribution in [2.24, 2.45) is 5.84 Å². The zero-order valence-electron chi connectivity index (χ0n) is 6.80. The van der Waals surface area contributed by atoms with Crippen LogP contribution in [0.15, 0.2) is 18.2 Å². The zero-order valence-corrected chi connectivity index (χ0v) is 6.80. The molecule has 0 saturated carbocycles. The lowest BCUT2D eigenvalue weighted by Gasteiger charge is -2.12. The molecule has 14 heavy (non-hydrogen) atoms. The molecule has 4 N–H and O–H groups in total. The summed E-state index contributed by atoms with van der Waals surface area (Å²) in [6.45, 7) is 0. The summed E-state index contributed by atoms with van der Waals surface area (Å²) in [7, 11) is 0. The van der Waals surface area contributed by atoms with Gasteiger partial charge in [0.1, 0.15) is 0 Å². The van der Waals surface area contributed by atoms with Crippen LogP contribution in [0.3, 0.4) is 0 Å². The van der Waals surface area contributed by atoms with Crippen LogP contribution in [0, 0.1) is 0 Å². The van der Waals surface area contributed by atoms with Crippen molar-refractivity contribution in [3.63, 3.8) is 0 Å². The van der Waals surface area contributed by atoms with E-state index in [0.29, 0.717) is 0 Å². The standard InChI is InChI=1S/C7H7F3N2O2/c8-7(9,10)14-5-3-1-2-4(12-11)6(5)13/h1-3,12-13H,11H2. The number of hydrazine groups is 1. The number of halogens is 3. The maximum absolute atomic E-state index is 11.8. The lowest BCUT2D eigenvalue weighted by atomic mass is 10.3. The first kappa shape index (κ1) is 10.5. The normalized spacial score (nSPS) is 11.1. The summed E-state index contributed by atoms with van der Waals surface area (Å²) in [5.41, 5.74) is 1.97. The summed E-state index contributed by atoms with van der Waals surface area (Å²) in [6, 6.07) is 3.54. The Kier molecular flexibility index (Phi) is 2.70. The Bertz CT molecular complexity index is 327. The monoisotopic (exact) mass is 208 g/mol. The van der Waals surface area contributed by atoms with Crippen LogP contribution < -0.4 is 16.0 Å². The molecule has 7 heteroatoms. The Morgan fingerprint density at radius 2 is 2.00 bits per heavy atom. The van der Waals surface area contributed by atoms with Crippen LogP contribution in [0.25, 0.3) is 0 Å². The van der Waals surface area contributed by atoms with Crippen LogP contribution in [0.2, 0.25) is 0 Å². The largest absolute Gasteiger partial charge is 0.573 e. The summed E-state index contributed by atoms with van der Waals surface area (Å²) in [5.74, 6) is 3.55. The second kappa shape index (κ2) is 3.62. The van der Waals surface area contributed by atoms with Gasteiger partial charge in [0.15, 0.2) is 11.5 Å². The molecular formula is C7H7F3N2O2. The highest BCUT2D eigenvalue weighted by Crippen LogP contribution is 2.36. The van der Waals surface area contributed by atoms with Crippen LogP contribution in [-0.2, 0) is 0 Å². The molecule has 1 aromatic rings. The molecule has 0 aliphatic rings. The highest BCUT2D eigenvalue weighted by Gasteiger charge is 2.32. The fraction of sp³-hybridized carbons (Fsp3) is 0.143. The third-order valence-corrected chi connectivity index (χ3v) is 1.38. The predicted molar refractivity (Wildman–Crippen MR) is 42.6 cm³/mol. The average Bonchev–Trinajstić information content (AvgIpc) is 2.06. The van der Waals surface area contributed by atoms with Gasteiger partial charge in [0.2, 0.25) is 0 Å². The van der Waals surface area contributed by atoms with E-state index in [-0.39, 0.29) is 5.69 Å². The van der Waals surface area contributed by atoms with Crippen molar-refractivity contribution in [3.05, 3.63) is 18.2 Å². The van der Waals surface area contributed by atoms with E-state index in [1.54, 1.807) is 0 Å². The number of phenolic OH excluding ortho intramolecular Hbond substituents is 1. The van der Waals surface area contributed by atoms with E-state index in [1.807, 2.05) is 5.43 Å². The van der Waals surface area contributed by atoms with Crippen molar-refractivity contribution >= 4 is 5.69 Å². The Balaban J connectivity index is 2.98. The first-order valence-electron chi connectivity index (χ1n) is 3.48. The second-order valence-electron chi connectivity index (χ2n) is 2.34. The Labute approximate surface area is 77.1 Å². The van der Waals surface area contributed by atoms with E-state index in [1.165, 1.54) is 12.1 Å². The molecule has 78 valence electrons. The SMILES string of the molecule is NNc1cccc(OC(F)(F)F)c1O. The van der Waals surface area contributed by atoms with Gasteiger partial charge in [-0.05, 0) is 12.1 Å². The highest BCUT2D eigenvalue weighted by atomic mass is 19.4. The Hall–Kier alpha value is -1.63. The van der Waals surface area contributed by atoms with Crippen LogP contribution in [-0.4, -0.2) is 11.5 Å². The van der Waals surface area contributed by atoms with Gasteiger partial charge in [-0.15, -0.1) is 13.2 Å². The molecule has 0 spiro atoms. The van der Waals surface area contributed by atoms with Gasteiger partial charge in [0.05, 0.1) is 5.69 Å². The number of ether oxygens (including phenoxy) is 1. The van der Waals surface area contributed by atoms with Gasteiger partial charge in [-0.2, -0.15) is 0 Å². The van der Waals surface area contributed by atoms with E-state index in [0.717, 1.165) is 6.07 Å². The van der Waals surface area contributed by atoms with Crippen molar-refractivity contribution < 1.29 is 23.0 Å². The number of aromatic hydroxyl groups is 1. The number of nitrogen functional groups attached to an aromatic ring is 1. The maximum atomic E-state index is 11.8. The molecule has 0 aliphatic carbocycles. The first-order valence-corrected chi connectivity index (χ1v) is 3.48. The van der Waals surface area contributed by atoms with Crippen LogP contribution in [0.4, 0.5) is 18.9 Å². The third kappa shape index (κ3) is 2.43. The molecule has 0 fully saturated rings. The molecule has 0 heterocycles. The van der Waals surface area contributed by atoms with Crippen LogP contribution >= 0.6 is 0 Å². The smallest absolute Gasteiger partial charge is 0.503 e. The van der Waals surface area contributed by atoms with Gasteiger partial charge in [0.25, 0.3) is 0 Å². The summed E-state index contributed by atoms with van der Waals surface area (Å²) in [6.07, 6.45) is -4.84. The number of nitrogens with two attached hydrogens (primary N) is 1. The second-order valence-corrected chi connectivity index (χ2v) is 2.34. The number of rotatable bonds is 2. The van der Waals surface area contributed by atoms with Crippen LogP contribution in [0.5, 0.6) is 11.5 Å². The van der Waals surface area contributed by atoms with Gasteiger partial charge in [0, 0.05) is 0 Å². The molecule has 0 atom stereocenters. The highest BCUT2D eigenvalue weighted by molar-refractivity contribution is 5.61. The molecule has 4 nitrogen and oxygen atoms in total. The van der Waals surface area contributed by atoms with Crippen molar-refractivity contribution in [2.45, 2.75) is 6.36 Å². The lowest BCUT2D eigenvalue weighted by molar-refractivity contribution is -0.275. The summed E-state index contributed by atoms with van der Waals surface area (Å²) >= 11 is 0. The summed E-state index contributed by atoms with van der Waals surface area (Å²) < 4.78 is 38.8. The molecule has 0 aliphatic heterocycles. The summed E-state index contributed by atoms with van der Waals surface area (Å²) in [4.78, 5) is 0. The molecule has 0 saturated heterocycles. The third-order valence-electron chi connectivity index (χ3n) is 1.38. The van der Waals surface area contributed by atoms with E-state index in [4.69, 9.17) is 5.84 Å². The van der Waals surface area contributed by atoms with Crippen molar-refractivity contribution in [2.75, 3.05) is 5.43 Å². The molecule has 1 rings (SSSR count). The number of hydrogen-bond donors (Lipinski definition) is 3. The van der Waals surface area contributed by atoms with E-state index in [2.05, 4.69) is 4.74 Å². The fourth-order valence-electron chi connectivity index (χ4n) is 0.846. The zero-order chi connectivity index (χ0) is 10.8. The molecular weight excluding hydrogens is 201 g/mol. The van der Waals surface area contributed by atoms with Crippen molar-refractivity contribution in [3.8, 4) is 11.5 Å². The molecule has 0 bridgehead atoms. The molecule has 0 aromatic heterocycles. The lowest BCUT2D eigenvalue weighted by Crippen LogP contribution is -2.17.